The molecule has 5 rings (SSSR count). The number of aromatic amines is 1. The van der Waals surface area contributed by atoms with E-state index in [1.54, 1.807) is 7.11 Å². The second kappa shape index (κ2) is 5.56. The van der Waals surface area contributed by atoms with Crippen molar-refractivity contribution in [2.45, 2.75) is 24.7 Å². The van der Waals surface area contributed by atoms with Crippen molar-refractivity contribution in [3.63, 3.8) is 0 Å². The fourth-order valence-corrected chi connectivity index (χ4v) is 4.92. The molecule has 2 aliphatic rings. The van der Waals surface area contributed by atoms with Gasteiger partial charge in [0.15, 0.2) is 0 Å². The Morgan fingerprint density at radius 3 is 2.58 bits per heavy atom. The molecule has 3 unspecified atom stereocenters. The molecule has 0 aliphatic heterocycles. The third kappa shape index (κ3) is 2.02. The molecule has 4 nitrogen and oxygen atoms in total. The minimum atomic E-state index is -0.374. The Hall–Kier alpha value is -2.88. The fourth-order valence-electron chi connectivity index (χ4n) is 4.92. The van der Waals surface area contributed by atoms with E-state index in [2.05, 4.69) is 17.1 Å². The van der Waals surface area contributed by atoms with Crippen molar-refractivity contribution in [2.75, 3.05) is 7.11 Å². The predicted molar refractivity (Wildman–Crippen MR) is 98.6 cm³/mol. The molecule has 3 aromatic rings. The molecule has 0 bridgehead atoms. The quantitative estimate of drug-likeness (QED) is 0.720. The Labute approximate surface area is 151 Å². The van der Waals surface area contributed by atoms with E-state index in [1.165, 1.54) is 0 Å². The van der Waals surface area contributed by atoms with Crippen molar-refractivity contribution in [3.8, 4) is 5.75 Å². The number of benzene rings is 2. The zero-order valence-electron chi connectivity index (χ0n) is 14.5. The standard InChI is InChI=1S/C22H19NO3/c1-26-18-9-5-8-14-20(18)21-15(23-14)10-13(12-6-3-2-4-7-12)19-16(24)11-17(25)22(19)21/h2-9,13,19,22-23H,10-11H2,1H3. The van der Waals surface area contributed by atoms with Crippen LogP contribution in [0.15, 0.2) is 48.5 Å². The first kappa shape index (κ1) is 15.4. The van der Waals surface area contributed by atoms with Crippen LogP contribution in [0, 0.1) is 5.92 Å². The van der Waals surface area contributed by atoms with Gasteiger partial charge in [0.2, 0.25) is 0 Å². The van der Waals surface area contributed by atoms with Crippen LogP contribution in [0.3, 0.4) is 0 Å². The monoisotopic (exact) mass is 345 g/mol. The molecule has 130 valence electrons. The van der Waals surface area contributed by atoms with Crippen LogP contribution in [-0.2, 0) is 16.0 Å². The molecular formula is C22H19NO3. The van der Waals surface area contributed by atoms with E-state index in [9.17, 15) is 9.59 Å². The van der Waals surface area contributed by atoms with Crippen LogP contribution >= 0.6 is 0 Å². The summed E-state index contributed by atoms with van der Waals surface area (Å²) in [5.74, 6) is 0.246. The van der Waals surface area contributed by atoms with E-state index in [0.717, 1.165) is 39.9 Å². The van der Waals surface area contributed by atoms with E-state index in [4.69, 9.17) is 4.74 Å². The molecule has 2 aromatic carbocycles. The van der Waals surface area contributed by atoms with Crippen LogP contribution < -0.4 is 4.74 Å². The van der Waals surface area contributed by atoms with Crippen molar-refractivity contribution in [2.24, 2.45) is 5.92 Å². The van der Waals surface area contributed by atoms with Gasteiger partial charge in [0, 0.05) is 28.4 Å². The SMILES string of the molecule is COc1cccc2[nH]c3c(c12)C1C(=O)CC(=O)C1C(c1ccccc1)C3. The van der Waals surface area contributed by atoms with Crippen LogP contribution in [0.4, 0.5) is 0 Å². The first-order chi connectivity index (χ1) is 12.7. The molecule has 1 aromatic heterocycles. The number of hydrogen-bond acceptors (Lipinski definition) is 3. The van der Waals surface area contributed by atoms with E-state index in [0.29, 0.717) is 0 Å². The summed E-state index contributed by atoms with van der Waals surface area (Å²) in [7, 11) is 1.64. The molecule has 2 aliphatic carbocycles. The smallest absolute Gasteiger partial charge is 0.148 e. The molecule has 3 atom stereocenters. The third-order valence-electron chi connectivity index (χ3n) is 5.95. The van der Waals surface area contributed by atoms with Gasteiger partial charge in [-0.2, -0.15) is 0 Å². The summed E-state index contributed by atoms with van der Waals surface area (Å²) >= 11 is 0. The van der Waals surface area contributed by atoms with Gasteiger partial charge >= 0.3 is 0 Å². The molecule has 1 heterocycles. The Morgan fingerprint density at radius 2 is 1.81 bits per heavy atom. The zero-order valence-corrected chi connectivity index (χ0v) is 14.5. The van der Waals surface area contributed by atoms with Gasteiger partial charge in [-0.1, -0.05) is 36.4 Å². The summed E-state index contributed by atoms with van der Waals surface area (Å²) in [6, 6.07) is 15.9. The van der Waals surface area contributed by atoms with E-state index < -0.39 is 0 Å². The first-order valence-corrected chi connectivity index (χ1v) is 8.97. The van der Waals surface area contributed by atoms with Crippen molar-refractivity contribution >= 4 is 22.5 Å². The molecule has 0 spiro atoms. The molecule has 0 radical (unpaired) electrons. The van der Waals surface area contributed by atoms with Gasteiger partial charge in [0.25, 0.3) is 0 Å². The summed E-state index contributed by atoms with van der Waals surface area (Å²) < 4.78 is 5.56. The van der Waals surface area contributed by atoms with Crippen LogP contribution in [0.1, 0.15) is 35.1 Å². The average Bonchev–Trinajstić information content (AvgIpc) is 3.18. The number of Topliss-reactive ketones (excluding diaryl/α,β-unsaturated/α-hetero) is 2. The van der Waals surface area contributed by atoms with Crippen molar-refractivity contribution in [1.82, 2.24) is 4.98 Å². The van der Waals surface area contributed by atoms with E-state index in [1.807, 2.05) is 36.4 Å². The Kier molecular flexibility index (Phi) is 3.29. The molecule has 1 N–H and O–H groups in total. The van der Waals surface area contributed by atoms with Crippen molar-refractivity contribution in [1.29, 1.82) is 0 Å². The number of ketones is 2. The van der Waals surface area contributed by atoms with Crippen molar-refractivity contribution < 1.29 is 14.3 Å². The van der Waals surface area contributed by atoms with Crippen LogP contribution in [-0.4, -0.2) is 23.7 Å². The lowest BCUT2D eigenvalue weighted by Gasteiger charge is -2.32. The maximum atomic E-state index is 12.8. The van der Waals surface area contributed by atoms with Crippen LogP contribution in [0.2, 0.25) is 0 Å². The highest BCUT2D eigenvalue weighted by atomic mass is 16.5. The molecule has 1 saturated carbocycles. The summed E-state index contributed by atoms with van der Waals surface area (Å²) in [5, 5.41) is 0.953. The second-order valence-electron chi connectivity index (χ2n) is 7.23. The molecular weight excluding hydrogens is 326 g/mol. The largest absolute Gasteiger partial charge is 0.496 e. The number of carbonyl (C=O) groups excluding carboxylic acids is 2. The average molecular weight is 345 g/mol. The lowest BCUT2D eigenvalue weighted by atomic mass is 9.69. The summed E-state index contributed by atoms with van der Waals surface area (Å²) in [4.78, 5) is 29.1. The zero-order chi connectivity index (χ0) is 17.8. The van der Waals surface area contributed by atoms with E-state index >= 15 is 0 Å². The van der Waals surface area contributed by atoms with Gasteiger partial charge < -0.3 is 9.72 Å². The minimum absolute atomic E-state index is 0.0340. The summed E-state index contributed by atoms with van der Waals surface area (Å²) in [6.07, 6.45) is 0.775. The van der Waals surface area contributed by atoms with Gasteiger partial charge in [-0.25, -0.2) is 0 Å². The van der Waals surface area contributed by atoms with Crippen molar-refractivity contribution in [3.05, 3.63) is 65.4 Å². The number of methoxy groups -OCH3 is 1. The summed E-state index contributed by atoms with van der Waals surface area (Å²) in [5.41, 5.74) is 4.13. The minimum Gasteiger partial charge on any atom is -0.496 e. The van der Waals surface area contributed by atoms with Gasteiger partial charge in [0.05, 0.1) is 19.4 Å². The number of ether oxygens (including phenoxy) is 1. The van der Waals surface area contributed by atoms with Gasteiger partial charge in [-0.15, -0.1) is 0 Å². The van der Waals surface area contributed by atoms with Crippen LogP contribution in [0.5, 0.6) is 5.75 Å². The number of carbonyl (C=O) groups is 2. The van der Waals surface area contributed by atoms with Gasteiger partial charge in [0.1, 0.15) is 17.3 Å². The second-order valence-corrected chi connectivity index (χ2v) is 7.23. The maximum Gasteiger partial charge on any atom is 0.148 e. The molecule has 0 amide bonds. The number of H-pyrrole nitrogens is 1. The molecule has 26 heavy (non-hydrogen) atoms. The van der Waals surface area contributed by atoms with E-state index in [-0.39, 0.29) is 35.7 Å². The van der Waals surface area contributed by atoms with Crippen LogP contribution in [0.25, 0.3) is 10.9 Å². The lowest BCUT2D eigenvalue weighted by molar-refractivity contribution is -0.122. The molecule has 0 saturated heterocycles. The molecule has 4 heteroatoms. The third-order valence-corrected chi connectivity index (χ3v) is 5.95. The molecule has 1 fully saturated rings. The Bertz CT molecular complexity index is 1030. The predicted octanol–water partition coefficient (Wildman–Crippen LogP) is 3.76. The maximum absolute atomic E-state index is 12.8. The number of aromatic nitrogens is 1. The highest BCUT2D eigenvalue weighted by Crippen LogP contribution is 2.52. The number of nitrogens with one attached hydrogen (secondary N) is 1. The number of fused-ring (bicyclic) bond motifs is 5. The van der Waals surface area contributed by atoms with Gasteiger partial charge in [-0.05, 0) is 29.7 Å². The Balaban J connectivity index is 1.77. The lowest BCUT2D eigenvalue weighted by Crippen LogP contribution is -2.30. The topological polar surface area (TPSA) is 59.2 Å². The highest BCUT2D eigenvalue weighted by molar-refractivity contribution is 6.13. The Morgan fingerprint density at radius 1 is 1.00 bits per heavy atom. The fraction of sp³-hybridized carbons (Fsp3) is 0.273. The normalized spacial score (nSPS) is 24.6. The number of rotatable bonds is 2. The first-order valence-electron chi connectivity index (χ1n) is 8.97. The number of hydrogen-bond donors (Lipinski definition) is 1. The van der Waals surface area contributed by atoms with Gasteiger partial charge in [-0.3, -0.25) is 9.59 Å². The highest BCUT2D eigenvalue weighted by Gasteiger charge is 2.51. The summed E-state index contributed by atoms with van der Waals surface area (Å²) in [6.45, 7) is 0.